The van der Waals surface area contributed by atoms with Crippen molar-refractivity contribution in [2.75, 3.05) is 32.5 Å². The number of hydrogen-bond acceptors (Lipinski definition) is 5. The van der Waals surface area contributed by atoms with Gasteiger partial charge in [0, 0.05) is 24.8 Å². The number of anilines is 1. The summed E-state index contributed by atoms with van der Waals surface area (Å²) in [5.74, 6) is -0.170. The molecule has 8 heteroatoms. The Hall–Kier alpha value is -2.74. The van der Waals surface area contributed by atoms with E-state index in [9.17, 15) is 14.0 Å². The SMILES string of the molecule is Cc1cc(=O)[nH]c(NCCNC(=O)[C@@H](c2ccc(F)cc2)N(C)C)n1. The lowest BCUT2D eigenvalue weighted by Crippen LogP contribution is -2.39. The molecule has 134 valence electrons. The van der Waals surface area contributed by atoms with Crippen LogP contribution in [0.5, 0.6) is 0 Å². The lowest BCUT2D eigenvalue weighted by molar-refractivity contribution is -0.125. The van der Waals surface area contributed by atoms with E-state index in [0.717, 1.165) is 0 Å². The lowest BCUT2D eigenvalue weighted by atomic mass is 10.1. The zero-order valence-electron chi connectivity index (χ0n) is 14.5. The first-order valence-electron chi connectivity index (χ1n) is 7.88. The molecule has 0 aliphatic heterocycles. The fourth-order valence-corrected chi connectivity index (χ4v) is 2.46. The van der Waals surface area contributed by atoms with Gasteiger partial charge in [-0.2, -0.15) is 0 Å². The molecule has 0 saturated heterocycles. The van der Waals surface area contributed by atoms with Crippen molar-refractivity contribution in [3.63, 3.8) is 0 Å². The van der Waals surface area contributed by atoms with Crippen LogP contribution in [-0.4, -0.2) is 48.0 Å². The molecule has 0 spiro atoms. The van der Waals surface area contributed by atoms with Crippen LogP contribution in [0.2, 0.25) is 0 Å². The maximum atomic E-state index is 13.1. The Bertz CT molecular complexity index is 773. The van der Waals surface area contributed by atoms with Gasteiger partial charge < -0.3 is 10.6 Å². The van der Waals surface area contributed by atoms with Crippen LogP contribution in [0.25, 0.3) is 0 Å². The highest BCUT2D eigenvalue weighted by Gasteiger charge is 2.22. The molecule has 0 radical (unpaired) electrons. The molecule has 2 aromatic rings. The number of carbonyl (C=O) groups is 1. The molecule has 7 nitrogen and oxygen atoms in total. The van der Waals surface area contributed by atoms with Crippen molar-refractivity contribution in [1.82, 2.24) is 20.2 Å². The van der Waals surface area contributed by atoms with Crippen molar-refractivity contribution < 1.29 is 9.18 Å². The molecule has 2 rings (SSSR count). The Morgan fingerprint density at radius 2 is 1.96 bits per heavy atom. The molecule has 1 atom stereocenters. The second kappa shape index (κ2) is 8.39. The van der Waals surface area contributed by atoms with Crippen molar-refractivity contribution in [2.24, 2.45) is 0 Å². The average molecular weight is 347 g/mol. The van der Waals surface area contributed by atoms with E-state index in [1.165, 1.54) is 18.2 Å². The van der Waals surface area contributed by atoms with Crippen molar-refractivity contribution in [1.29, 1.82) is 0 Å². The Morgan fingerprint density at radius 3 is 2.56 bits per heavy atom. The van der Waals surface area contributed by atoms with Gasteiger partial charge in [-0.05, 0) is 38.7 Å². The monoisotopic (exact) mass is 347 g/mol. The highest BCUT2D eigenvalue weighted by Crippen LogP contribution is 2.18. The van der Waals surface area contributed by atoms with Crippen LogP contribution in [0.4, 0.5) is 10.3 Å². The third-order valence-corrected chi connectivity index (χ3v) is 3.54. The summed E-state index contributed by atoms with van der Waals surface area (Å²) >= 11 is 0. The number of H-pyrrole nitrogens is 1. The summed E-state index contributed by atoms with van der Waals surface area (Å²) < 4.78 is 13.1. The van der Waals surface area contributed by atoms with Crippen molar-refractivity contribution >= 4 is 11.9 Å². The predicted molar refractivity (Wildman–Crippen MR) is 93.9 cm³/mol. The van der Waals surface area contributed by atoms with Gasteiger partial charge in [0.15, 0.2) is 0 Å². The van der Waals surface area contributed by atoms with Crippen molar-refractivity contribution in [3.05, 3.63) is 57.8 Å². The van der Waals surface area contributed by atoms with Gasteiger partial charge in [-0.1, -0.05) is 12.1 Å². The zero-order valence-corrected chi connectivity index (χ0v) is 14.5. The van der Waals surface area contributed by atoms with Crippen LogP contribution in [0.1, 0.15) is 17.3 Å². The van der Waals surface area contributed by atoms with E-state index in [2.05, 4.69) is 20.6 Å². The maximum Gasteiger partial charge on any atom is 0.252 e. The Balaban J connectivity index is 1.91. The van der Waals surface area contributed by atoms with Crippen LogP contribution in [-0.2, 0) is 4.79 Å². The fraction of sp³-hybridized carbons (Fsp3) is 0.353. The molecule has 0 aliphatic carbocycles. The minimum Gasteiger partial charge on any atom is -0.354 e. The lowest BCUT2D eigenvalue weighted by Gasteiger charge is -2.24. The third-order valence-electron chi connectivity index (χ3n) is 3.54. The van der Waals surface area contributed by atoms with E-state index in [1.54, 1.807) is 38.1 Å². The highest BCUT2D eigenvalue weighted by atomic mass is 19.1. The third kappa shape index (κ3) is 5.39. The number of hydrogen-bond donors (Lipinski definition) is 3. The van der Waals surface area contributed by atoms with Crippen LogP contribution >= 0.6 is 0 Å². The molecule has 0 aliphatic rings. The molecular weight excluding hydrogens is 325 g/mol. The van der Waals surface area contributed by atoms with Crippen LogP contribution in [0.15, 0.2) is 35.1 Å². The Labute approximate surface area is 145 Å². The number of aryl methyl sites for hydroxylation is 1. The van der Waals surface area contributed by atoms with Gasteiger partial charge in [0.05, 0.1) is 0 Å². The summed E-state index contributed by atoms with van der Waals surface area (Å²) in [5, 5.41) is 5.77. The summed E-state index contributed by atoms with van der Waals surface area (Å²) in [7, 11) is 3.57. The van der Waals surface area contributed by atoms with E-state index in [0.29, 0.717) is 30.3 Å². The summed E-state index contributed by atoms with van der Waals surface area (Å²) in [6, 6.07) is 6.74. The van der Waals surface area contributed by atoms with Crippen molar-refractivity contribution in [3.8, 4) is 0 Å². The van der Waals surface area contributed by atoms with Crippen LogP contribution in [0, 0.1) is 12.7 Å². The number of nitrogens with zero attached hydrogens (tertiary/aromatic N) is 2. The van der Waals surface area contributed by atoms with E-state index >= 15 is 0 Å². The van der Waals surface area contributed by atoms with Gasteiger partial charge >= 0.3 is 0 Å². The van der Waals surface area contributed by atoms with E-state index in [4.69, 9.17) is 0 Å². The van der Waals surface area contributed by atoms with Gasteiger partial charge in [0.2, 0.25) is 11.9 Å². The normalized spacial score (nSPS) is 12.0. The minimum atomic E-state index is -0.516. The first kappa shape index (κ1) is 18.6. The van der Waals surface area contributed by atoms with Gasteiger partial charge in [0.1, 0.15) is 11.9 Å². The predicted octanol–water partition coefficient (Wildman–Crippen LogP) is 1.05. The molecule has 0 unspecified atom stereocenters. The number of nitrogens with one attached hydrogen (secondary N) is 3. The van der Waals surface area contributed by atoms with Gasteiger partial charge in [-0.15, -0.1) is 0 Å². The second-order valence-corrected chi connectivity index (χ2v) is 5.87. The first-order chi connectivity index (χ1) is 11.9. The molecule has 25 heavy (non-hydrogen) atoms. The molecule has 1 heterocycles. The summed E-state index contributed by atoms with van der Waals surface area (Å²) in [4.78, 5) is 32.3. The number of amides is 1. The van der Waals surface area contributed by atoms with E-state index < -0.39 is 6.04 Å². The second-order valence-electron chi connectivity index (χ2n) is 5.87. The standard InChI is InChI=1S/C17H22FN5O2/c1-11-10-14(24)22-17(21-11)20-9-8-19-16(25)15(23(2)3)12-4-6-13(18)7-5-12/h4-7,10,15H,8-9H2,1-3H3,(H,19,25)(H2,20,21,22,24)/t15-/m1/s1. The first-order valence-corrected chi connectivity index (χ1v) is 7.88. The number of benzene rings is 1. The number of aromatic amines is 1. The quantitative estimate of drug-likeness (QED) is 0.652. The molecule has 0 bridgehead atoms. The number of carbonyl (C=O) groups excluding carboxylic acids is 1. The summed E-state index contributed by atoms with van der Waals surface area (Å²) in [5.41, 5.74) is 1.09. The zero-order chi connectivity index (χ0) is 18.4. The maximum absolute atomic E-state index is 13.1. The smallest absolute Gasteiger partial charge is 0.252 e. The number of likely N-dealkylation sites (N-methyl/N-ethyl adjacent to an activating group) is 1. The molecule has 1 aromatic heterocycles. The molecule has 0 saturated carbocycles. The Kier molecular flexibility index (Phi) is 6.24. The number of halogens is 1. The summed E-state index contributed by atoms with van der Waals surface area (Å²) in [6.07, 6.45) is 0. The van der Waals surface area contributed by atoms with Gasteiger partial charge in [-0.25, -0.2) is 9.37 Å². The van der Waals surface area contributed by atoms with Gasteiger partial charge in [-0.3, -0.25) is 19.5 Å². The van der Waals surface area contributed by atoms with E-state index in [-0.39, 0.29) is 17.3 Å². The average Bonchev–Trinajstić information content (AvgIpc) is 2.52. The number of rotatable bonds is 7. The fourth-order valence-electron chi connectivity index (χ4n) is 2.46. The van der Waals surface area contributed by atoms with Crippen LogP contribution < -0.4 is 16.2 Å². The molecular formula is C17H22FN5O2. The summed E-state index contributed by atoms with van der Waals surface area (Å²) in [6.45, 7) is 2.48. The Morgan fingerprint density at radius 1 is 1.28 bits per heavy atom. The molecule has 1 aromatic carbocycles. The molecule has 1 amide bonds. The molecule has 3 N–H and O–H groups in total. The number of aromatic nitrogens is 2. The van der Waals surface area contributed by atoms with Gasteiger partial charge in [0.25, 0.3) is 5.56 Å². The largest absolute Gasteiger partial charge is 0.354 e. The van der Waals surface area contributed by atoms with Crippen LogP contribution in [0.3, 0.4) is 0 Å². The van der Waals surface area contributed by atoms with Crippen molar-refractivity contribution in [2.45, 2.75) is 13.0 Å². The highest BCUT2D eigenvalue weighted by molar-refractivity contribution is 5.83. The molecule has 0 fully saturated rings. The minimum absolute atomic E-state index is 0.191. The van der Waals surface area contributed by atoms with E-state index in [1.807, 2.05) is 0 Å². The topological polar surface area (TPSA) is 90.1 Å².